The highest BCUT2D eigenvalue weighted by Gasteiger charge is 2.03. The van der Waals surface area contributed by atoms with Gasteiger partial charge in [0.15, 0.2) is 11.0 Å². The number of aromatic nitrogens is 2. The first-order valence-electron chi connectivity index (χ1n) is 3.36. The van der Waals surface area contributed by atoms with Crippen LogP contribution in [0.15, 0.2) is 19.0 Å². The van der Waals surface area contributed by atoms with Crippen molar-refractivity contribution < 1.29 is 0 Å². The van der Waals surface area contributed by atoms with E-state index in [1.165, 1.54) is 6.33 Å². The molecule has 3 N–H and O–H groups in total. The maximum absolute atomic E-state index is 5.65. The van der Waals surface area contributed by atoms with Crippen molar-refractivity contribution in [2.45, 2.75) is 0 Å². The van der Waals surface area contributed by atoms with E-state index in [2.05, 4.69) is 21.9 Å². The normalized spacial score (nSPS) is 9.42. The summed E-state index contributed by atoms with van der Waals surface area (Å²) in [6, 6.07) is 0. The second kappa shape index (κ2) is 3.92. The molecule has 1 aromatic heterocycles. The zero-order valence-corrected chi connectivity index (χ0v) is 7.17. The van der Waals surface area contributed by atoms with Crippen LogP contribution in [-0.4, -0.2) is 16.5 Å². The summed E-state index contributed by atoms with van der Waals surface area (Å²) in [7, 11) is 0. The van der Waals surface area contributed by atoms with Crippen molar-refractivity contribution in [3.8, 4) is 0 Å². The van der Waals surface area contributed by atoms with Gasteiger partial charge in [0.05, 0.1) is 0 Å². The first-order chi connectivity index (χ1) is 5.75. The van der Waals surface area contributed by atoms with E-state index in [9.17, 15) is 0 Å². The Hall–Kier alpha value is -1.29. The average Bonchev–Trinajstić information content (AvgIpc) is 2.08. The van der Waals surface area contributed by atoms with E-state index in [1.807, 2.05) is 0 Å². The third kappa shape index (κ3) is 1.85. The highest BCUT2D eigenvalue weighted by molar-refractivity contribution is 6.32. The van der Waals surface area contributed by atoms with Gasteiger partial charge in [-0.15, -0.1) is 6.58 Å². The number of hydrogen-bond acceptors (Lipinski definition) is 4. The van der Waals surface area contributed by atoms with Gasteiger partial charge in [0.1, 0.15) is 12.0 Å². The molecule has 12 heavy (non-hydrogen) atoms. The molecule has 1 heterocycles. The zero-order valence-electron chi connectivity index (χ0n) is 6.42. The smallest absolute Gasteiger partial charge is 0.157 e. The quantitative estimate of drug-likeness (QED) is 0.549. The number of anilines is 2. The Kier molecular flexibility index (Phi) is 2.88. The SMILES string of the molecule is C=CCNc1ncnc(Cl)c1N. The Balaban J connectivity index is 2.84. The molecule has 5 heteroatoms. The molecule has 0 fully saturated rings. The third-order valence-electron chi connectivity index (χ3n) is 1.25. The van der Waals surface area contributed by atoms with Gasteiger partial charge in [0.25, 0.3) is 0 Å². The first kappa shape index (κ1) is 8.80. The molecule has 0 atom stereocenters. The number of hydrogen-bond donors (Lipinski definition) is 2. The highest BCUT2D eigenvalue weighted by Crippen LogP contribution is 2.21. The first-order valence-corrected chi connectivity index (χ1v) is 3.74. The summed E-state index contributed by atoms with van der Waals surface area (Å²) in [5.74, 6) is 0.537. The van der Waals surface area contributed by atoms with E-state index in [4.69, 9.17) is 17.3 Å². The topological polar surface area (TPSA) is 63.8 Å². The molecule has 0 amide bonds. The summed E-state index contributed by atoms with van der Waals surface area (Å²) in [5, 5.41) is 3.19. The van der Waals surface area contributed by atoms with Gasteiger partial charge in [0.2, 0.25) is 0 Å². The van der Waals surface area contributed by atoms with Crippen molar-refractivity contribution in [2.24, 2.45) is 0 Å². The van der Waals surface area contributed by atoms with E-state index < -0.39 is 0 Å². The van der Waals surface area contributed by atoms with Gasteiger partial charge in [-0.1, -0.05) is 17.7 Å². The molecular weight excluding hydrogens is 176 g/mol. The Bertz CT molecular complexity index is 287. The number of halogens is 1. The van der Waals surface area contributed by atoms with Crippen molar-refractivity contribution in [1.29, 1.82) is 0 Å². The maximum Gasteiger partial charge on any atom is 0.157 e. The summed E-state index contributed by atoms with van der Waals surface area (Å²) >= 11 is 5.65. The van der Waals surface area contributed by atoms with Crippen LogP contribution in [-0.2, 0) is 0 Å². The van der Waals surface area contributed by atoms with Crippen molar-refractivity contribution >= 4 is 23.1 Å². The summed E-state index contributed by atoms with van der Waals surface area (Å²) in [4.78, 5) is 7.61. The van der Waals surface area contributed by atoms with Crippen LogP contribution in [0.3, 0.4) is 0 Å². The van der Waals surface area contributed by atoms with E-state index >= 15 is 0 Å². The Morgan fingerprint density at radius 3 is 3.08 bits per heavy atom. The molecule has 0 aliphatic heterocycles. The van der Waals surface area contributed by atoms with Crippen LogP contribution in [0.2, 0.25) is 5.15 Å². The third-order valence-corrected chi connectivity index (χ3v) is 1.55. The Morgan fingerprint density at radius 2 is 2.42 bits per heavy atom. The summed E-state index contributed by atoms with van der Waals surface area (Å²) in [6.45, 7) is 4.14. The number of nitrogen functional groups attached to an aromatic ring is 1. The van der Waals surface area contributed by atoms with Crippen molar-refractivity contribution in [1.82, 2.24) is 9.97 Å². The number of nitrogens with one attached hydrogen (secondary N) is 1. The molecule has 0 unspecified atom stereocenters. The minimum Gasteiger partial charge on any atom is -0.393 e. The lowest BCUT2D eigenvalue weighted by Crippen LogP contribution is -2.04. The standard InChI is InChI=1S/C7H9ClN4/c1-2-3-10-7-5(9)6(8)11-4-12-7/h2,4H,1,3,9H2,(H,10,11,12). The Morgan fingerprint density at radius 1 is 1.67 bits per heavy atom. The van der Waals surface area contributed by atoms with Gasteiger partial charge in [-0.25, -0.2) is 9.97 Å². The fraction of sp³-hybridized carbons (Fsp3) is 0.143. The highest BCUT2D eigenvalue weighted by atomic mass is 35.5. The van der Waals surface area contributed by atoms with E-state index in [0.717, 1.165) is 0 Å². The number of rotatable bonds is 3. The summed E-state index contributed by atoms with van der Waals surface area (Å²) in [6.07, 6.45) is 3.06. The lowest BCUT2D eigenvalue weighted by molar-refractivity contribution is 1.14. The monoisotopic (exact) mass is 184 g/mol. The predicted molar refractivity (Wildman–Crippen MR) is 50.1 cm³/mol. The van der Waals surface area contributed by atoms with E-state index in [0.29, 0.717) is 18.1 Å². The van der Waals surface area contributed by atoms with Gasteiger partial charge in [-0.2, -0.15) is 0 Å². The minimum absolute atomic E-state index is 0.261. The van der Waals surface area contributed by atoms with Crippen molar-refractivity contribution in [3.63, 3.8) is 0 Å². The second-order valence-corrected chi connectivity index (χ2v) is 2.45. The van der Waals surface area contributed by atoms with Crippen molar-refractivity contribution in [2.75, 3.05) is 17.6 Å². The van der Waals surface area contributed by atoms with Crippen LogP contribution in [0.5, 0.6) is 0 Å². The van der Waals surface area contributed by atoms with Crippen LogP contribution >= 0.6 is 11.6 Å². The zero-order chi connectivity index (χ0) is 8.97. The molecule has 0 saturated heterocycles. The second-order valence-electron chi connectivity index (χ2n) is 2.10. The molecular formula is C7H9ClN4. The lowest BCUT2D eigenvalue weighted by Gasteiger charge is -2.05. The number of nitrogens with zero attached hydrogens (tertiary/aromatic N) is 2. The molecule has 0 spiro atoms. The summed E-state index contributed by atoms with van der Waals surface area (Å²) in [5.41, 5.74) is 5.93. The van der Waals surface area contributed by atoms with Gasteiger partial charge >= 0.3 is 0 Å². The van der Waals surface area contributed by atoms with Crippen LogP contribution in [0, 0.1) is 0 Å². The Labute approximate surface area is 75.5 Å². The molecule has 1 aromatic rings. The average molecular weight is 185 g/mol. The maximum atomic E-state index is 5.65. The molecule has 0 saturated carbocycles. The fourth-order valence-corrected chi connectivity index (χ4v) is 0.817. The molecule has 64 valence electrons. The van der Waals surface area contributed by atoms with Crippen LogP contribution in [0.1, 0.15) is 0 Å². The fourth-order valence-electron chi connectivity index (χ4n) is 0.684. The van der Waals surface area contributed by atoms with E-state index in [-0.39, 0.29) is 5.15 Å². The molecule has 4 nitrogen and oxygen atoms in total. The van der Waals surface area contributed by atoms with Gasteiger partial charge in [0, 0.05) is 6.54 Å². The molecule has 0 aromatic carbocycles. The number of nitrogens with two attached hydrogens (primary N) is 1. The molecule has 0 aliphatic carbocycles. The molecule has 0 bridgehead atoms. The lowest BCUT2D eigenvalue weighted by atomic mass is 10.4. The molecule has 0 radical (unpaired) electrons. The van der Waals surface area contributed by atoms with Gasteiger partial charge in [-0.3, -0.25) is 0 Å². The minimum atomic E-state index is 0.261. The molecule has 0 aliphatic rings. The van der Waals surface area contributed by atoms with Crippen LogP contribution < -0.4 is 11.1 Å². The predicted octanol–water partition coefficient (Wildman–Crippen LogP) is 1.31. The van der Waals surface area contributed by atoms with Gasteiger partial charge < -0.3 is 11.1 Å². The van der Waals surface area contributed by atoms with Crippen molar-refractivity contribution in [3.05, 3.63) is 24.1 Å². The van der Waals surface area contributed by atoms with Crippen LogP contribution in [0.25, 0.3) is 0 Å². The van der Waals surface area contributed by atoms with Crippen LogP contribution in [0.4, 0.5) is 11.5 Å². The van der Waals surface area contributed by atoms with E-state index in [1.54, 1.807) is 6.08 Å². The van der Waals surface area contributed by atoms with Gasteiger partial charge in [-0.05, 0) is 0 Å². The largest absolute Gasteiger partial charge is 0.393 e. The molecule has 1 rings (SSSR count). The summed E-state index contributed by atoms with van der Waals surface area (Å²) < 4.78 is 0.